The molecule has 0 atom stereocenters. The minimum atomic E-state index is -1.07. The molecule has 2 heterocycles. The van der Waals surface area contributed by atoms with Crippen LogP contribution in [0.3, 0.4) is 0 Å². The van der Waals surface area contributed by atoms with E-state index in [2.05, 4.69) is 36.8 Å². The third-order valence-electron chi connectivity index (χ3n) is 4.63. The molecule has 1 aromatic heterocycles. The Hall–Kier alpha value is -1.81. The molecule has 3 N–H and O–H groups in total. The number of thiocarbonyl (C=S) groups is 1. The Labute approximate surface area is 188 Å². The molecule has 0 radical (unpaired) electrons. The van der Waals surface area contributed by atoms with Gasteiger partial charge in [-0.1, -0.05) is 12.2 Å². The second-order valence-electron chi connectivity index (χ2n) is 7.36. The van der Waals surface area contributed by atoms with Crippen molar-refractivity contribution in [2.45, 2.75) is 26.3 Å². The van der Waals surface area contributed by atoms with Gasteiger partial charge >= 0.3 is 0 Å². The van der Waals surface area contributed by atoms with Crippen molar-refractivity contribution in [1.29, 1.82) is 0 Å². The number of hydrogen-bond donors (Lipinski definition) is 3. The number of halogens is 1. The normalized spacial score (nSPS) is 14.6. The van der Waals surface area contributed by atoms with E-state index in [-0.39, 0.29) is 11.8 Å². The largest absolute Gasteiger partial charge is 0.337 e. The Balaban J connectivity index is 1.68. The smallest absolute Gasteiger partial charge is 0.262 e. The molecule has 9 heteroatoms. The lowest BCUT2D eigenvalue weighted by Gasteiger charge is -2.31. The van der Waals surface area contributed by atoms with E-state index in [1.54, 1.807) is 26.0 Å². The first-order valence-electron chi connectivity index (χ1n) is 9.18. The first-order valence-corrected chi connectivity index (χ1v) is 11.2. The predicted octanol–water partition coefficient (Wildman–Crippen LogP) is 3.70. The lowest BCUT2D eigenvalue weighted by molar-refractivity contribution is -0.120. The summed E-state index contributed by atoms with van der Waals surface area (Å²) in [5.74, 6) is -0.564. The van der Waals surface area contributed by atoms with Gasteiger partial charge in [-0.15, -0.1) is 11.3 Å². The summed E-state index contributed by atoms with van der Waals surface area (Å²) in [4.78, 5) is 28.7. The molecule has 6 nitrogen and oxygen atoms in total. The highest BCUT2D eigenvalue weighted by molar-refractivity contribution is 9.11. The number of hydrogen-bond acceptors (Lipinski definition) is 5. The predicted molar refractivity (Wildman–Crippen MR) is 126 cm³/mol. The highest BCUT2D eigenvalue weighted by Crippen LogP contribution is 2.26. The molecule has 3 rings (SSSR count). The van der Waals surface area contributed by atoms with E-state index in [4.69, 9.17) is 12.2 Å². The quantitative estimate of drug-likeness (QED) is 0.552. The summed E-state index contributed by atoms with van der Waals surface area (Å²) in [6.07, 6.45) is 0. The fourth-order valence-electron chi connectivity index (χ4n) is 3.02. The number of carbonyl (C=O) groups is 2. The van der Waals surface area contributed by atoms with Gasteiger partial charge in [0.05, 0.1) is 13.7 Å². The highest BCUT2D eigenvalue weighted by atomic mass is 79.9. The zero-order valence-corrected chi connectivity index (χ0v) is 19.7. The van der Waals surface area contributed by atoms with Gasteiger partial charge in [-0.25, -0.2) is 0 Å². The van der Waals surface area contributed by atoms with Crippen molar-refractivity contribution in [2.24, 2.45) is 0 Å². The Bertz CT molecular complexity index is 958. The molecule has 29 heavy (non-hydrogen) atoms. The second kappa shape index (κ2) is 8.91. The Kier molecular flexibility index (Phi) is 6.72. The topological polar surface area (TPSA) is 73.5 Å². The average Bonchev–Trinajstić information content (AvgIpc) is 3.09. The molecule has 154 valence electrons. The maximum atomic E-state index is 12.8. The van der Waals surface area contributed by atoms with Crippen LogP contribution in [0.1, 0.15) is 29.1 Å². The molecule has 0 aliphatic carbocycles. The van der Waals surface area contributed by atoms with Crippen LogP contribution in [-0.4, -0.2) is 42.0 Å². The number of carbonyl (C=O) groups excluding carboxylic acids is 2. The van der Waals surface area contributed by atoms with E-state index in [1.165, 1.54) is 11.3 Å². The number of nitrogens with one attached hydrogen (secondary N) is 3. The summed E-state index contributed by atoms with van der Waals surface area (Å²) in [5.41, 5.74) is 1.68. The van der Waals surface area contributed by atoms with Gasteiger partial charge in [-0.05, 0) is 72.6 Å². The maximum Gasteiger partial charge on any atom is 0.262 e. The van der Waals surface area contributed by atoms with Gasteiger partial charge in [0.25, 0.3) is 5.91 Å². The summed E-state index contributed by atoms with van der Waals surface area (Å²) in [6.45, 7) is 7.77. The second-order valence-corrected chi connectivity index (χ2v) is 10.3. The summed E-state index contributed by atoms with van der Waals surface area (Å²) in [5, 5.41) is 8.96. The number of benzene rings is 1. The molecule has 0 bridgehead atoms. The van der Waals surface area contributed by atoms with E-state index in [0.717, 1.165) is 33.1 Å². The van der Waals surface area contributed by atoms with Crippen LogP contribution in [0.15, 0.2) is 34.1 Å². The number of anilines is 2. The highest BCUT2D eigenvalue weighted by Gasteiger charge is 2.30. The molecule has 2 aromatic rings. The van der Waals surface area contributed by atoms with Crippen molar-refractivity contribution in [3.05, 3.63) is 44.6 Å². The fraction of sp³-hybridized carbons (Fsp3) is 0.350. The molecule has 1 aliphatic heterocycles. The number of nitrogens with zero attached hydrogens (tertiary/aromatic N) is 1. The third-order valence-corrected chi connectivity index (χ3v) is 6.61. The van der Waals surface area contributed by atoms with Crippen molar-refractivity contribution < 1.29 is 9.59 Å². The van der Waals surface area contributed by atoms with Crippen LogP contribution in [0.4, 0.5) is 11.4 Å². The SMILES string of the molecule is Cc1cc(NC(=O)C(C)(C)NC(=O)c2ccc(Br)s2)ccc1N1CCNCC1=S. The molecular weight excluding hydrogens is 472 g/mol. The lowest BCUT2D eigenvalue weighted by Crippen LogP contribution is -2.52. The third kappa shape index (κ3) is 5.22. The van der Waals surface area contributed by atoms with Gasteiger partial charge in [0.1, 0.15) is 5.54 Å². The van der Waals surface area contributed by atoms with E-state index in [0.29, 0.717) is 17.1 Å². The van der Waals surface area contributed by atoms with Crippen molar-refractivity contribution in [3.8, 4) is 0 Å². The average molecular weight is 495 g/mol. The lowest BCUT2D eigenvalue weighted by atomic mass is 10.0. The van der Waals surface area contributed by atoms with Crippen LogP contribution in [0, 0.1) is 6.92 Å². The fourth-order valence-corrected chi connectivity index (χ4v) is 4.60. The molecule has 1 aromatic carbocycles. The molecule has 1 aliphatic rings. The van der Waals surface area contributed by atoms with Crippen molar-refractivity contribution >= 4 is 67.7 Å². The summed E-state index contributed by atoms with van der Waals surface area (Å²) >= 11 is 10.1. The first-order chi connectivity index (χ1) is 13.7. The summed E-state index contributed by atoms with van der Waals surface area (Å²) < 4.78 is 0.865. The Morgan fingerprint density at radius 3 is 2.66 bits per heavy atom. The summed E-state index contributed by atoms with van der Waals surface area (Å²) in [6, 6.07) is 9.28. The van der Waals surface area contributed by atoms with Gasteiger partial charge in [0.15, 0.2) is 0 Å². The van der Waals surface area contributed by atoms with Crippen LogP contribution in [0.5, 0.6) is 0 Å². The molecule has 2 amide bonds. The molecule has 1 saturated heterocycles. The van der Waals surface area contributed by atoms with Crippen molar-refractivity contribution in [1.82, 2.24) is 10.6 Å². The molecule has 0 unspecified atom stereocenters. The van der Waals surface area contributed by atoms with E-state index in [9.17, 15) is 9.59 Å². The standard InChI is InChI=1S/C20H23BrN4O2S2/c1-12-10-13(4-5-14(12)25-9-8-22-11-17(25)28)23-19(27)20(2,3)24-18(26)15-6-7-16(21)29-15/h4-7,10,22H,8-9,11H2,1-3H3,(H,23,27)(H,24,26). The molecule has 0 saturated carbocycles. The number of amides is 2. The van der Waals surface area contributed by atoms with Crippen LogP contribution in [0.25, 0.3) is 0 Å². The Morgan fingerprint density at radius 1 is 1.28 bits per heavy atom. The summed E-state index contributed by atoms with van der Waals surface area (Å²) in [7, 11) is 0. The minimum Gasteiger partial charge on any atom is -0.337 e. The maximum absolute atomic E-state index is 12.8. The van der Waals surface area contributed by atoms with Crippen molar-refractivity contribution in [2.75, 3.05) is 29.9 Å². The zero-order valence-electron chi connectivity index (χ0n) is 16.5. The van der Waals surface area contributed by atoms with Crippen LogP contribution in [-0.2, 0) is 4.79 Å². The number of piperazine rings is 1. The number of thiophene rings is 1. The van der Waals surface area contributed by atoms with Crippen LogP contribution < -0.4 is 20.9 Å². The van der Waals surface area contributed by atoms with Crippen LogP contribution >= 0.6 is 39.5 Å². The van der Waals surface area contributed by atoms with Gasteiger partial charge in [0.2, 0.25) is 5.91 Å². The first kappa shape index (κ1) is 21.9. The zero-order chi connectivity index (χ0) is 21.2. The van der Waals surface area contributed by atoms with Crippen LogP contribution in [0.2, 0.25) is 0 Å². The van der Waals surface area contributed by atoms with Gasteiger partial charge in [0, 0.05) is 31.0 Å². The van der Waals surface area contributed by atoms with Gasteiger partial charge < -0.3 is 20.9 Å². The van der Waals surface area contributed by atoms with E-state index >= 15 is 0 Å². The van der Waals surface area contributed by atoms with Crippen molar-refractivity contribution in [3.63, 3.8) is 0 Å². The molecule has 1 fully saturated rings. The van der Waals surface area contributed by atoms with E-state index in [1.807, 2.05) is 25.1 Å². The number of aryl methyl sites for hydroxylation is 1. The van der Waals surface area contributed by atoms with Gasteiger partial charge in [-0.3, -0.25) is 9.59 Å². The molecular formula is C20H23BrN4O2S2. The van der Waals surface area contributed by atoms with Gasteiger partial charge in [-0.2, -0.15) is 0 Å². The minimum absolute atomic E-state index is 0.278. The molecule has 0 spiro atoms. The van der Waals surface area contributed by atoms with E-state index < -0.39 is 5.54 Å². The monoisotopic (exact) mass is 494 g/mol. The Morgan fingerprint density at radius 2 is 2.03 bits per heavy atom. The number of rotatable bonds is 5.